The molecule has 2 heterocycles. The molecule has 1 fully saturated rings. The lowest BCUT2D eigenvalue weighted by Gasteiger charge is -2.36. The van der Waals surface area contributed by atoms with Gasteiger partial charge in [0, 0.05) is 19.4 Å². The van der Waals surface area contributed by atoms with Gasteiger partial charge < -0.3 is 15.2 Å². The van der Waals surface area contributed by atoms with E-state index in [1.165, 1.54) is 6.20 Å². The van der Waals surface area contributed by atoms with Gasteiger partial charge in [-0.25, -0.2) is 4.98 Å². The summed E-state index contributed by atoms with van der Waals surface area (Å²) in [4.78, 5) is 4.15. The third kappa shape index (κ3) is 2.73. The number of rotatable bonds is 3. The second kappa shape index (κ2) is 5.13. The number of nitrogens with zero attached hydrogens (tertiary/aromatic N) is 2. The minimum atomic E-state index is -0.348. The molecule has 0 unspecified atom stereocenters. The Balaban J connectivity index is 2.09. The maximum Gasteiger partial charge on any atom is 0.126 e. The van der Waals surface area contributed by atoms with E-state index in [1.807, 2.05) is 6.07 Å². The standard InChI is InChI=1S/C12H15N3O2/c13-7-10-1-2-11(14-8-10)15-12(9-16)3-5-17-6-4-12/h1-2,8,16H,3-6,9H2,(H,14,15). The van der Waals surface area contributed by atoms with Crippen molar-refractivity contribution in [3.63, 3.8) is 0 Å². The monoisotopic (exact) mass is 233 g/mol. The van der Waals surface area contributed by atoms with Gasteiger partial charge in [0.1, 0.15) is 11.9 Å². The van der Waals surface area contributed by atoms with Crippen LogP contribution in [0.25, 0.3) is 0 Å². The highest BCUT2D eigenvalue weighted by Gasteiger charge is 2.32. The van der Waals surface area contributed by atoms with Crippen molar-refractivity contribution in [3.05, 3.63) is 23.9 Å². The maximum absolute atomic E-state index is 9.51. The van der Waals surface area contributed by atoms with Crippen LogP contribution in [0.4, 0.5) is 5.82 Å². The first-order valence-corrected chi connectivity index (χ1v) is 5.61. The van der Waals surface area contributed by atoms with Crippen molar-refractivity contribution >= 4 is 5.82 Å². The van der Waals surface area contributed by atoms with E-state index in [0.29, 0.717) is 24.6 Å². The lowest BCUT2D eigenvalue weighted by atomic mass is 9.91. The summed E-state index contributed by atoms with van der Waals surface area (Å²) in [5.41, 5.74) is 0.181. The number of anilines is 1. The molecule has 5 heteroatoms. The number of nitriles is 1. The predicted octanol–water partition coefficient (Wildman–Crippen LogP) is 0.907. The molecule has 1 aliphatic rings. The normalized spacial score (nSPS) is 18.4. The van der Waals surface area contributed by atoms with Gasteiger partial charge in [-0.3, -0.25) is 0 Å². The molecule has 0 atom stereocenters. The zero-order valence-electron chi connectivity index (χ0n) is 9.52. The van der Waals surface area contributed by atoms with Crippen LogP contribution in [-0.4, -0.2) is 35.5 Å². The van der Waals surface area contributed by atoms with Gasteiger partial charge in [0.25, 0.3) is 0 Å². The summed E-state index contributed by atoms with van der Waals surface area (Å²) in [5, 5.41) is 21.4. The maximum atomic E-state index is 9.51. The molecule has 1 aliphatic heterocycles. The van der Waals surface area contributed by atoms with Crippen molar-refractivity contribution in [2.45, 2.75) is 18.4 Å². The number of hydrogen-bond acceptors (Lipinski definition) is 5. The van der Waals surface area contributed by atoms with Gasteiger partial charge in [0.2, 0.25) is 0 Å². The summed E-state index contributed by atoms with van der Waals surface area (Å²) in [5.74, 6) is 0.681. The fraction of sp³-hybridized carbons (Fsp3) is 0.500. The van der Waals surface area contributed by atoms with Crippen LogP contribution in [0.1, 0.15) is 18.4 Å². The fourth-order valence-electron chi connectivity index (χ4n) is 1.89. The molecule has 5 nitrogen and oxygen atoms in total. The van der Waals surface area contributed by atoms with Crippen molar-refractivity contribution in [1.29, 1.82) is 5.26 Å². The molecule has 0 aromatic carbocycles. The number of hydrogen-bond donors (Lipinski definition) is 2. The van der Waals surface area contributed by atoms with E-state index in [2.05, 4.69) is 10.3 Å². The van der Waals surface area contributed by atoms with Crippen LogP contribution in [0.5, 0.6) is 0 Å². The molecule has 90 valence electrons. The zero-order valence-corrected chi connectivity index (χ0v) is 9.52. The van der Waals surface area contributed by atoms with Gasteiger partial charge in [0.15, 0.2) is 0 Å². The van der Waals surface area contributed by atoms with Crippen molar-refractivity contribution in [2.24, 2.45) is 0 Å². The summed E-state index contributed by atoms with van der Waals surface area (Å²) >= 11 is 0. The topological polar surface area (TPSA) is 78.2 Å². The highest BCUT2D eigenvalue weighted by molar-refractivity contribution is 5.41. The van der Waals surface area contributed by atoms with Crippen LogP contribution in [0.2, 0.25) is 0 Å². The van der Waals surface area contributed by atoms with Crippen LogP contribution in [0, 0.1) is 11.3 Å². The van der Waals surface area contributed by atoms with Gasteiger partial charge in [-0.05, 0) is 25.0 Å². The molecule has 0 radical (unpaired) electrons. The number of nitrogens with one attached hydrogen (secondary N) is 1. The molecule has 1 aromatic heterocycles. The van der Waals surface area contributed by atoms with E-state index in [1.54, 1.807) is 12.1 Å². The molecule has 0 saturated carbocycles. The first-order valence-electron chi connectivity index (χ1n) is 5.61. The van der Waals surface area contributed by atoms with Gasteiger partial charge in [0.05, 0.1) is 17.7 Å². The largest absolute Gasteiger partial charge is 0.394 e. The van der Waals surface area contributed by atoms with Crippen LogP contribution < -0.4 is 5.32 Å². The van der Waals surface area contributed by atoms with E-state index in [0.717, 1.165) is 12.8 Å². The molecule has 2 rings (SSSR count). The molecule has 17 heavy (non-hydrogen) atoms. The molecule has 0 amide bonds. The van der Waals surface area contributed by atoms with Crippen molar-refractivity contribution in [3.8, 4) is 6.07 Å². The third-order valence-electron chi connectivity index (χ3n) is 3.04. The van der Waals surface area contributed by atoms with E-state index >= 15 is 0 Å². The van der Waals surface area contributed by atoms with Gasteiger partial charge >= 0.3 is 0 Å². The van der Waals surface area contributed by atoms with E-state index in [-0.39, 0.29) is 12.1 Å². The SMILES string of the molecule is N#Cc1ccc(NC2(CO)CCOCC2)nc1. The summed E-state index contributed by atoms with van der Waals surface area (Å²) in [6.07, 6.45) is 3.03. The minimum absolute atomic E-state index is 0.0536. The molecule has 0 spiro atoms. The Bertz CT molecular complexity index is 405. The molecular weight excluding hydrogens is 218 g/mol. The first-order chi connectivity index (χ1) is 8.28. The first kappa shape index (κ1) is 11.8. The number of ether oxygens (including phenoxy) is 1. The zero-order chi connectivity index (χ0) is 12.1. The molecular formula is C12H15N3O2. The smallest absolute Gasteiger partial charge is 0.126 e. The van der Waals surface area contributed by atoms with Gasteiger partial charge in [-0.15, -0.1) is 0 Å². The van der Waals surface area contributed by atoms with Crippen LogP contribution >= 0.6 is 0 Å². The van der Waals surface area contributed by atoms with Crippen molar-refractivity contribution in [2.75, 3.05) is 25.1 Å². The highest BCUT2D eigenvalue weighted by Crippen LogP contribution is 2.24. The number of aromatic nitrogens is 1. The Morgan fingerprint density at radius 1 is 1.47 bits per heavy atom. The molecule has 1 saturated heterocycles. The quantitative estimate of drug-likeness (QED) is 0.811. The summed E-state index contributed by atoms with van der Waals surface area (Å²) in [6.45, 7) is 1.34. The molecule has 0 bridgehead atoms. The van der Waals surface area contributed by atoms with Gasteiger partial charge in [-0.2, -0.15) is 5.26 Å². The highest BCUT2D eigenvalue weighted by atomic mass is 16.5. The fourth-order valence-corrected chi connectivity index (χ4v) is 1.89. The van der Waals surface area contributed by atoms with Crippen LogP contribution in [0.15, 0.2) is 18.3 Å². The molecule has 2 N–H and O–H groups in total. The Morgan fingerprint density at radius 3 is 2.76 bits per heavy atom. The second-order valence-corrected chi connectivity index (χ2v) is 4.22. The summed E-state index contributed by atoms with van der Waals surface area (Å²) in [6, 6.07) is 5.49. The van der Waals surface area contributed by atoms with Crippen molar-refractivity contribution in [1.82, 2.24) is 4.98 Å². The predicted molar refractivity (Wildman–Crippen MR) is 62.4 cm³/mol. The number of pyridine rings is 1. The molecule has 1 aromatic rings. The third-order valence-corrected chi connectivity index (χ3v) is 3.04. The van der Waals surface area contributed by atoms with Crippen molar-refractivity contribution < 1.29 is 9.84 Å². The Labute approximate surface area is 100 Å². The average molecular weight is 233 g/mol. The lowest BCUT2D eigenvalue weighted by molar-refractivity contribution is 0.0378. The second-order valence-electron chi connectivity index (χ2n) is 4.22. The number of aliphatic hydroxyl groups is 1. The number of aliphatic hydroxyl groups excluding tert-OH is 1. The van der Waals surface area contributed by atoms with E-state index in [4.69, 9.17) is 10.00 Å². The Hall–Kier alpha value is -1.64. The van der Waals surface area contributed by atoms with Crippen LogP contribution in [0.3, 0.4) is 0 Å². The van der Waals surface area contributed by atoms with E-state index < -0.39 is 0 Å². The van der Waals surface area contributed by atoms with E-state index in [9.17, 15) is 5.11 Å². The minimum Gasteiger partial charge on any atom is -0.394 e. The average Bonchev–Trinajstić information content (AvgIpc) is 2.41. The Morgan fingerprint density at radius 2 is 2.24 bits per heavy atom. The van der Waals surface area contributed by atoms with Crippen LogP contribution in [-0.2, 0) is 4.74 Å². The summed E-state index contributed by atoms with van der Waals surface area (Å²) < 4.78 is 5.29. The summed E-state index contributed by atoms with van der Waals surface area (Å²) in [7, 11) is 0. The Kier molecular flexibility index (Phi) is 3.57. The van der Waals surface area contributed by atoms with Gasteiger partial charge in [-0.1, -0.05) is 0 Å². The molecule has 0 aliphatic carbocycles. The lowest BCUT2D eigenvalue weighted by Crippen LogP contribution is -2.47.